The molecule has 0 amide bonds. The fourth-order valence-electron chi connectivity index (χ4n) is 4.46. The number of hydrogen-bond acceptors (Lipinski definition) is 5. The zero-order valence-corrected chi connectivity index (χ0v) is 12.8. The lowest BCUT2D eigenvalue weighted by Crippen LogP contribution is -2.43. The molecule has 3 aliphatic heterocycles. The third kappa shape index (κ3) is 2.30. The molecular weight excluding hydrogens is 266 g/mol. The first kappa shape index (κ1) is 13.7. The molecule has 3 fully saturated rings. The molecule has 5 nitrogen and oxygen atoms in total. The van der Waals surface area contributed by atoms with Gasteiger partial charge >= 0.3 is 0 Å². The Bertz CT molecular complexity index is 490. The van der Waals surface area contributed by atoms with Gasteiger partial charge in [-0.1, -0.05) is 18.5 Å². The Kier molecular flexibility index (Phi) is 3.50. The van der Waals surface area contributed by atoms with Crippen molar-refractivity contribution in [3.05, 3.63) is 11.7 Å². The molecule has 0 spiro atoms. The van der Waals surface area contributed by atoms with Crippen LogP contribution in [0.4, 0.5) is 0 Å². The van der Waals surface area contributed by atoms with Crippen molar-refractivity contribution >= 4 is 0 Å². The summed E-state index contributed by atoms with van der Waals surface area (Å²) >= 11 is 0. The summed E-state index contributed by atoms with van der Waals surface area (Å²) in [4.78, 5) is 4.83. The molecule has 0 radical (unpaired) electrons. The van der Waals surface area contributed by atoms with E-state index in [4.69, 9.17) is 14.2 Å². The van der Waals surface area contributed by atoms with Crippen LogP contribution in [0.3, 0.4) is 0 Å². The fraction of sp³-hybridized carbons (Fsp3) is 0.875. The van der Waals surface area contributed by atoms with Gasteiger partial charge in [-0.25, -0.2) is 0 Å². The van der Waals surface area contributed by atoms with Crippen LogP contribution < -0.4 is 5.32 Å². The van der Waals surface area contributed by atoms with Crippen molar-refractivity contribution in [3.63, 3.8) is 0 Å². The van der Waals surface area contributed by atoms with Gasteiger partial charge in [0.05, 0.1) is 23.5 Å². The maximum Gasteiger partial charge on any atom is 0.234 e. The largest absolute Gasteiger partial charge is 0.374 e. The average molecular weight is 291 g/mol. The molecule has 1 aromatic heterocycles. The standard InChI is InChI=1S/C16H25N3O2/c1-2-6-16(7-3-8-17-10-16)15-18-14(19-21-15)12-9-11-4-5-13(12)20-11/h11-13,17H,2-10H2,1H3. The van der Waals surface area contributed by atoms with Gasteiger partial charge < -0.3 is 14.6 Å². The Hall–Kier alpha value is -0.940. The molecule has 3 aliphatic rings. The van der Waals surface area contributed by atoms with Crippen LogP contribution in [0.2, 0.25) is 0 Å². The second-order valence-electron chi connectivity index (χ2n) is 6.98. The predicted molar refractivity (Wildman–Crippen MR) is 78.2 cm³/mol. The van der Waals surface area contributed by atoms with Crippen LogP contribution in [0.15, 0.2) is 4.52 Å². The minimum atomic E-state index is 0.0523. The van der Waals surface area contributed by atoms with Crippen LogP contribution in [0.25, 0.3) is 0 Å². The predicted octanol–water partition coefficient (Wildman–Crippen LogP) is 2.53. The molecule has 3 saturated heterocycles. The molecule has 116 valence electrons. The van der Waals surface area contributed by atoms with Crippen molar-refractivity contribution in [2.45, 2.75) is 75.4 Å². The van der Waals surface area contributed by atoms with E-state index in [-0.39, 0.29) is 5.41 Å². The Morgan fingerprint density at radius 3 is 3.00 bits per heavy atom. The molecule has 0 aliphatic carbocycles. The van der Waals surface area contributed by atoms with Crippen molar-refractivity contribution in [1.82, 2.24) is 15.5 Å². The van der Waals surface area contributed by atoms with Gasteiger partial charge in [0, 0.05) is 6.54 Å². The van der Waals surface area contributed by atoms with Gasteiger partial charge in [0.2, 0.25) is 5.89 Å². The van der Waals surface area contributed by atoms with E-state index in [1.807, 2.05) is 0 Å². The average Bonchev–Trinajstić information content (AvgIpc) is 3.24. The van der Waals surface area contributed by atoms with E-state index in [2.05, 4.69) is 17.4 Å². The molecule has 4 atom stereocenters. The Labute approximate surface area is 125 Å². The van der Waals surface area contributed by atoms with E-state index in [0.29, 0.717) is 18.1 Å². The topological polar surface area (TPSA) is 60.2 Å². The molecule has 1 aromatic rings. The maximum atomic E-state index is 5.93. The first-order valence-corrected chi connectivity index (χ1v) is 8.51. The van der Waals surface area contributed by atoms with Crippen LogP contribution in [0.1, 0.15) is 69.5 Å². The summed E-state index contributed by atoms with van der Waals surface area (Å²) in [6, 6.07) is 0. The van der Waals surface area contributed by atoms with Gasteiger partial charge in [-0.2, -0.15) is 4.98 Å². The Morgan fingerprint density at radius 2 is 2.33 bits per heavy atom. The number of fused-ring (bicyclic) bond motifs is 2. The molecule has 21 heavy (non-hydrogen) atoms. The zero-order chi connectivity index (χ0) is 14.3. The summed E-state index contributed by atoms with van der Waals surface area (Å²) in [6.07, 6.45) is 8.80. The highest BCUT2D eigenvalue weighted by Gasteiger charge is 2.45. The van der Waals surface area contributed by atoms with Crippen molar-refractivity contribution in [2.24, 2.45) is 0 Å². The molecule has 0 aromatic carbocycles. The monoisotopic (exact) mass is 291 g/mol. The summed E-state index contributed by atoms with van der Waals surface area (Å²) in [7, 11) is 0. The number of rotatable bonds is 4. The summed E-state index contributed by atoms with van der Waals surface area (Å²) < 4.78 is 11.7. The van der Waals surface area contributed by atoms with Gasteiger partial charge in [-0.3, -0.25) is 0 Å². The highest BCUT2D eigenvalue weighted by atomic mass is 16.5. The third-order valence-electron chi connectivity index (χ3n) is 5.53. The van der Waals surface area contributed by atoms with Gasteiger partial charge in [0.1, 0.15) is 0 Å². The van der Waals surface area contributed by atoms with Gasteiger partial charge in [-0.15, -0.1) is 0 Å². The first-order valence-electron chi connectivity index (χ1n) is 8.51. The molecule has 0 saturated carbocycles. The van der Waals surface area contributed by atoms with Crippen molar-refractivity contribution < 1.29 is 9.26 Å². The number of aromatic nitrogens is 2. The smallest absolute Gasteiger partial charge is 0.234 e. The van der Waals surface area contributed by atoms with E-state index >= 15 is 0 Å². The minimum Gasteiger partial charge on any atom is -0.374 e. The van der Waals surface area contributed by atoms with E-state index in [1.165, 1.54) is 12.8 Å². The highest BCUT2D eigenvalue weighted by molar-refractivity contribution is 5.12. The second kappa shape index (κ2) is 5.36. The Morgan fingerprint density at radius 1 is 1.38 bits per heavy atom. The quantitative estimate of drug-likeness (QED) is 0.923. The zero-order valence-electron chi connectivity index (χ0n) is 12.8. The van der Waals surface area contributed by atoms with Crippen LogP contribution >= 0.6 is 0 Å². The summed E-state index contributed by atoms with van der Waals surface area (Å²) in [5, 5.41) is 7.84. The lowest BCUT2D eigenvalue weighted by atomic mass is 9.77. The lowest BCUT2D eigenvalue weighted by molar-refractivity contribution is 0.0996. The van der Waals surface area contributed by atoms with Gasteiger partial charge in [0.15, 0.2) is 5.82 Å². The molecule has 4 unspecified atom stereocenters. The molecule has 2 bridgehead atoms. The molecular formula is C16H25N3O2. The first-order chi connectivity index (χ1) is 10.3. The van der Waals surface area contributed by atoms with Crippen LogP contribution in [0.5, 0.6) is 0 Å². The number of ether oxygens (including phenoxy) is 1. The summed E-state index contributed by atoms with van der Waals surface area (Å²) in [5.74, 6) is 2.10. The van der Waals surface area contributed by atoms with Crippen molar-refractivity contribution in [1.29, 1.82) is 0 Å². The maximum absolute atomic E-state index is 5.93. The second-order valence-corrected chi connectivity index (χ2v) is 6.98. The van der Waals surface area contributed by atoms with Gasteiger partial charge in [-0.05, 0) is 45.1 Å². The number of nitrogens with one attached hydrogen (secondary N) is 1. The number of piperidine rings is 1. The Balaban J connectivity index is 1.57. The molecule has 1 N–H and O–H groups in total. The van der Waals surface area contributed by atoms with Gasteiger partial charge in [0.25, 0.3) is 0 Å². The van der Waals surface area contributed by atoms with Crippen LogP contribution in [-0.4, -0.2) is 35.4 Å². The normalized spacial score (nSPS) is 39.0. The minimum absolute atomic E-state index is 0.0523. The summed E-state index contributed by atoms with van der Waals surface area (Å²) in [5.41, 5.74) is 0.0523. The van der Waals surface area contributed by atoms with E-state index in [1.54, 1.807) is 0 Å². The SMILES string of the molecule is CCCC1(c2nc(C3CC4CCC3O4)no2)CCCNC1. The molecule has 5 heteroatoms. The van der Waals surface area contributed by atoms with Crippen LogP contribution in [-0.2, 0) is 10.2 Å². The number of hydrogen-bond donors (Lipinski definition) is 1. The van der Waals surface area contributed by atoms with E-state index < -0.39 is 0 Å². The third-order valence-corrected chi connectivity index (χ3v) is 5.53. The summed E-state index contributed by atoms with van der Waals surface area (Å²) in [6.45, 7) is 4.31. The highest BCUT2D eigenvalue weighted by Crippen LogP contribution is 2.44. The van der Waals surface area contributed by atoms with Crippen molar-refractivity contribution in [3.8, 4) is 0 Å². The fourth-order valence-corrected chi connectivity index (χ4v) is 4.46. The van der Waals surface area contributed by atoms with E-state index in [0.717, 1.165) is 56.9 Å². The molecule has 4 rings (SSSR count). The van der Waals surface area contributed by atoms with E-state index in [9.17, 15) is 0 Å². The lowest BCUT2D eigenvalue weighted by Gasteiger charge is -2.34. The van der Waals surface area contributed by atoms with Crippen molar-refractivity contribution in [2.75, 3.05) is 13.1 Å². The number of nitrogens with zero attached hydrogens (tertiary/aromatic N) is 2. The van der Waals surface area contributed by atoms with Crippen LogP contribution in [0, 0.1) is 0 Å². The molecule has 4 heterocycles.